The fourth-order valence-corrected chi connectivity index (χ4v) is 3.07. The Kier molecular flexibility index (Phi) is 5.51. The number of carboxylic acids is 1. The van der Waals surface area contributed by atoms with Crippen LogP contribution in [0.25, 0.3) is 0 Å². The third kappa shape index (κ3) is 5.27. The van der Waals surface area contributed by atoms with Gasteiger partial charge in [0.1, 0.15) is 6.04 Å². The number of hydrogen-bond donors (Lipinski definition) is 2. The summed E-state index contributed by atoms with van der Waals surface area (Å²) in [4.78, 5) is 21.9. The van der Waals surface area contributed by atoms with E-state index in [1.54, 1.807) is 30.3 Å². The Balaban J connectivity index is 2.76. The molecule has 0 aromatic heterocycles. The van der Waals surface area contributed by atoms with Crippen molar-refractivity contribution in [2.75, 3.05) is 12.9 Å². The molecule has 0 spiro atoms. The Morgan fingerprint density at radius 3 is 2.40 bits per heavy atom. The Hall–Kier alpha value is -2.09. The zero-order valence-corrected chi connectivity index (χ0v) is 11.6. The van der Waals surface area contributed by atoms with Crippen LogP contribution in [0.3, 0.4) is 0 Å². The molecule has 0 heterocycles. The SMILES string of the molecule is COC(=O)N[C@@H](CS(=O)(=O)Cc1ccccc1)C(=O)O. The summed E-state index contributed by atoms with van der Waals surface area (Å²) in [5.41, 5.74) is 0.551. The molecule has 0 saturated heterocycles. The molecule has 8 heteroatoms. The van der Waals surface area contributed by atoms with Crippen molar-refractivity contribution in [1.29, 1.82) is 0 Å². The van der Waals surface area contributed by atoms with Crippen LogP contribution in [-0.2, 0) is 25.1 Å². The maximum atomic E-state index is 11.9. The highest BCUT2D eigenvalue weighted by Crippen LogP contribution is 2.07. The van der Waals surface area contributed by atoms with E-state index in [0.717, 1.165) is 7.11 Å². The number of nitrogens with one attached hydrogen (secondary N) is 1. The molecule has 1 rings (SSSR count). The van der Waals surface area contributed by atoms with E-state index in [2.05, 4.69) is 4.74 Å². The number of carboxylic acid groups (broad SMARTS) is 1. The van der Waals surface area contributed by atoms with Crippen molar-refractivity contribution in [2.24, 2.45) is 0 Å². The van der Waals surface area contributed by atoms with Gasteiger partial charge in [-0.2, -0.15) is 0 Å². The van der Waals surface area contributed by atoms with E-state index >= 15 is 0 Å². The average Bonchev–Trinajstić information content (AvgIpc) is 2.38. The maximum Gasteiger partial charge on any atom is 0.407 e. The summed E-state index contributed by atoms with van der Waals surface area (Å²) in [6, 6.07) is 6.83. The molecule has 0 saturated carbocycles. The first kappa shape index (κ1) is 16.0. The molecule has 1 aromatic carbocycles. The number of alkyl carbamates (subject to hydrolysis) is 1. The molecule has 0 aliphatic heterocycles. The van der Waals surface area contributed by atoms with Gasteiger partial charge in [-0.05, 0) is 5.56 Å². The summed E-state index contributed by atoms with van der Waals surface area (Å²) < 4.78 is 28.1. The fourth-order valence-electron chi connectivity index (χ4n) is 1.52. The topological polar surface area (TPSA) is 110 Å². The van der Waals surface area contributed by atoms with Crippen molar-refractivity contribution in [3.63, 3.8) is 0 Å². The number of aliphatic carboxylic acids is 1. The third-order valence-electron chi connectivity index (χ3n) is 2.43. The predicted octanol–water partition coefficient (Wildman–Crippen LogP) is 0.411. The second-order valence-electron chi connectivity index (χ2n) is 4.07. The lowest BCUT2D eigenvalue weighted by molar-refractivity contribution is -0.138. The number of carbonyl (C=O) groups is 2. The van der Waals surface area contributed by atoms with Crippen molar-refractivity contribution in [3.05, 3.63) is 35.9 Å². The number of amides is 1. The van der Waals surface area contributed by atoms with E-state index in [4.69, 9.17) is 5.11 Å². The van der Waals surface area contributed by atoms with Crippen molar-refractivity contribution in [1.82, 2.24) is 5.32 Å². The summed E-state index contributed by atoms with van der Waals surface area (Å²) in [6.07, 6.45) is -0.993. The van der Waals surface area contributed by atoms with Crippen molar-refractivity contribution >= 4 is 21.9 Å². The van der Waals surface area contributed by atoms with Crippen molar-refractivity contribution < 1.29 is 27.9 Å². The van der Waals surface area contributed by atoms with Gasteiger partial charge in [0, 0.05) is 0 Å². The zero-order valence-electron chi connectivity index (χ0n) is 10.8. The van der Waals surface area contributed by atoms with Crippen molar-refractivity contribution in [2.45, 2.75) is 11.8 Å². The van der Waals surface area contributed by atoms with Gasteiger partial charge in [-0.1, -0.05) is 30.3 Å². The van der Waals surface area contributed by atoms with Gasteiger partial charge in [0.25, 0.3) is 0 Å². The minimum atomic E-state index is -3.68. The molecule has 0 aliphatic carbocycles. The molecule has 0 bridgehead atoms. The van der Waals surface area contributed by atoms with Crippen LogP contribution in [0.4, 0.5) is 4.79 Å². The molecular weight excluding hydrogens is 286 g/mol. The number of methoxy groups -OCH3 is 1. The Morgan fingerprint density at radius 2 is 1.90 bits per heavy atom. The molecule has 2 N–H and O–H groups in total. The maximum absolute atomic E-state index is 11.9. The first-order chi connectivity index (χ1) is 9.34. The van der Waals surface area contributed by atoms with Crippen LogP contribution in [0, 0.1) is 0 Å². The van der Waals surface area contributed by atoms with Gasteiger partial charge >= 0.3 is 12.1 Å². The van der Waals surface area contributed by atoms with Gasteiger partial charge < -0.3 is 15.2 Å². The minimum Gasteiger partial charge on any atom is -0.480 e. The smallest absolute Gasteiger partial charge is 0.407 e. The number of hydrogen-bond acceptors (Lipinski definition) is 5. The molecule has 0 fully saturated rings. The average molecular weight is 301 g/mol. The largest absolute Gasteiger partial charge is 0.480 e. The van der Waals surface area contributed by atoms with Gasteiger partial charge in [-0.3, -0.25) is 0 Å². The van der Waals surface area contributed by atoms with E-state index in [1.165, 1.54) is 0 Å². The van der Waals surface area contributed by atoms with E-state index in [9.17, 15) is 18.0 Å². The van der Waals surface area contributed by atoms with Crippen molar-refractivity contribution in [3.8, 4) is 0 Å². The van der Waals surface area contributed by atoms with Gasteiger partial charge in [-0.15, -0.1) is 0 Å². The monoisotopic (exact) mass is 301 g/mol. The standard InChI is InChI=1S/C12H15NO6S/c1-19-12(16)13-10(11(14)15)8-20(17,18)7-9-5-3-2-4-6-9/h2-6,10H,7-8H2,1H3,(H,13,16)(H,14,15)/t10-/m0/s1. The molecule has 20 heavy (non-hydrogen) atoms. The number of rotatable bonds is 6. The third-order valence-corrected chi connectivity index (χ3v) is 4.04. The summed E-state index contributed by atoms with van der Waals surface area (Å²) in [5, 5.41) is 10.9. The van der Waals surface area contributed by atoms with Crippen LogP contribution in [0.5, 0.6) is 0 Å². The molecule has 1 amide bonds. The molecule has 110 valence electrons. The highest BCUT2D eigenvalue weighted by Gasteiger charge is 2.27. The Bertz CT molecular complexity index is 569. The molecule has 7 nitrogen and oxygen atoms in total. The van der Waals surface area contributed by atoms with Crippen LogP contribution in [-0.4, -0.2) is 44.5 Å². The van der Waals surface area contributed by atoms with Crippen LogP contribution in [0.2, 0.25) is 0 Å². The van der Waals surface area contributed by atoms with E-state index < -0.39 is 33.7 Å². The first-order valence-electron chi connectivity index (χ1n) is 5.65. The van der Waals surface area contributed by atoms with Gasteiger partial charge in [-0.25, -0.2) is 18.0 Å². The minimum absolute atomic E-state index is 0.291. The molecule has 1 aromatic rings. The molecule has 0 unspecified atom stereocenters. The van der Waals surface area contributed by atoms with E-state index in [0.29, 0.717) is 5.56 Å². The summed E-state index contributed by atoms with van der Waals surface area (Å²) in [5.74, 6) is -2.43. The number of sulfone groups is 1. The summed E-state index contributed by atoms with van der Waals surface area (Å²) in [6.45, 7) is 0. The number of benzene rings is 1. The second kappa shape index (κ2) is 6.90. The fraction of sp³-hybridized carbons (Fsp3) is 0.333. The molecule has 0 aliphatic rings. The molecule has 0 radical (unpaired) electrons. The van der Waals surface area contributed by atoms with Crippen LogP contribution in [0.1, 0.15) is 5.56 Å². The highest BCUT2D eigenvalue weighted by molar-refractivity contribution is 7.90. The summed E-state index contributed by atoms with van der Waals surface area (Å²) >= 11 is 0. The van der Waals surface area contributed by atoms with Gasteiger partial charge in [0.15, 0.2) is 9.84 Å². The number of ether oxygens (including phenoxy) is 1. The lowest BCUT2D eigenvalue weighted by Crippen LogP contribution is -2.45. The normalized spacial score (nSPS) is 12.4. The van der Waals surface area contributed by atoms with Gasteiger partial charge in [0.05, 0.1) is 18.6 Å². The first-order valence-corrected chi connectivity index (χ1v) is 7.48. The van der Waals surface area contributed by atoms with Crippen LogP contribution < -0.4 is 5.32 Å². The Labute approximate surface area is 116 Å². The predicted molar refractivity (Wildman–Crippen MR) is 70.9 cm³/mol. The molecular formula is C12H15NO6S. The summed E-state index contributed by atoms with van der Waals surface area (Å²) in [7, 11) is -2.62. The number of carbonyl (C=O) groups excluding carboxylic acids is 1. The highest BCUT2D eigenvalue weighted by atomic mass is 32.2. The Morgan fingerprint density at radius 1 is 1.30 bits per heavy atom. The van der Waals surface area contributed by atoms with E-state index in [1.807, 2.05) is 5.32 Å². The quantitative estimate of drug-likeness (QED) is 0.787. The second-order valence-corrected chi connectivity index (χ2v) is 6.18. The zero-order chi connectivity index (χ0) is 15.2. The van der Waals surface area contributed by atoms with Crippen LogP contribution >= 0.6 is 0 Å². The van der Waals surface area contributed by atoms with Gasteiger partial charge in [0.2, 0.25) is 0 Å². The lowest BCUT2D eigenvalue weighted by Gasteiger charge is -2.13. The van der Waals surface area contributed by atoms with Crippen LogP contribution in [0.15, 0.2) is 30.3 Å². The van der Waals surface area contributed by atoms with E-state index in [-0.39, 0.29) is 5.75 Å². The lowest BCUT2D eigenvalue weighted by atomic mass is 10.2. The molecule has 1 atom stereocenters.